The molecule has 168 valence electrons. The molecular formula is C28H25N4O2+. The standard InChI is InChI=1S/C28H24N4O2/c1-20-11-13-21(14-12-20)26(33)18-32-19-31(24-9-2-3-10-25(24)32)17-15-27(34)30-23-8-4-6-22-7-5-16-29-28(22)23/h2-14,16,19H,15,17-18H2,1H3/p+1. The number of hydrogen-bond donors (Lipinski definition) is 1. The van der Waals surface area contributed by atoms with Crippen LogP contribution in [-0.2, 0) is 17.9 Å². The van der Waals surface area contributed by atoms with Gasteiger partial charge < -0.3 is 5.32 Å². The van der Waals surface area contributed by atoms with Crippen LogP contribution in [0.1, 0.15) is 22.3 Å². The first-order valence-electron chi connectivity index (χ1n) is 11.3. The van der Waals surface area contributed by atoms with Crippen LogP contribution in [0.15, 0.2) is 91.4 Å². The van der Waals surface area contributed by atoms with Gasteiger partial charge in [0.05, 0.1) is 24.2 Å². The minimum Gasteiger partial charge on any atom is -0.324 e. The van der Waals surface area contributed by atoms with Gasteiger partial charge >= 0.3 is 0 Å². The van der Waals surface area contributed by atoms with Crippen LogP contribution in [0, 0.1) is 6.92 Å². The number of aryl methyl sites for hydroxylation is 2. The molecule has 1 amide bonds. The predicted molar refractivity (Wildman–Crippen MR) is 133 cm³/mol. The van der Waals surface area contributed by atoms with Gasteiger partial charge in [-0.05, 0) is 31.2 Å². The lowest BCUT2D eigenvalue weighted by Crippen LogP contribution is -2.36. The quantitative estimate of drug-likeness (QED) is 0.289. The van der Waals surface area contributed by atoms with Crippen molar-refractivity contribution in [3.63, 3.8) is 0 Å². The highest BCUT2D eigenvalue weighted by molar-refractivity contribution is 6.00. The highest BCUT2D eigenvalue weighted by Crippen LogP contribution is 2.21. The van der Waals surface area contributed by atoms with Gasteiger partial charge in [-0.2, -0.15) is 0 Å². The molecule has 0 atom stereocenters. The van der Waals surface area contributed by atoms with Gasteiger partial charge in [-0.3, -0.25) is 14.6 Å². The van der Waals surface area contributed by atoms with Gasteiger partial charge in [0.15, 0.2) is 17.6 Å². The van der Waals surface area contributed by atoms with Crippen molar-refractivity contribution in [2.45, 2.75) is 26.4 Å². The molecule has 3 aromatic carbocycles. The predicted octanol–water partition coefficient (Wildman–Crippen LogP) is 4.70. The molecule has 0 aliphatic heterocycles. The van der Waals surface area contributed by atoms with Crippen LogP contribution in [0.4, 0.5) is 5.69 Å². The second kappa shape index (κ2) is 9.27. The van der Waals surface area contributed by atoms with Crippen molar-refractivity contribution >= 4 is 39.3 Å². The largest absolute Gasteiger partial charge is 0.324 e. The summed E-state index contributed by atoms with van der Waals surface area (Å²) in [6, 6.07) is 25.2. The zero-order valence-electron chi connectivity index (χ0n) is 18.9. The van der Waals surface area contributed by atoms with Crippen molar-refractivity contribution in [2.75, 3.05) is 5.32 Å². The molecule has 2 aromatic heterocycles. The van der Waals surface area contributed by atoms with Crippen molar-refractivity contribution in [3.05, 3.63) is 103 Å². The Morgan fingerprint density at radius 1 is 0.941 bits per heavy atom. The third-order valence-electron chi connectivity index (χ3n) is 5.95. The van der Waals surface area contributed by atoms with Crippen molar-refractivity contribution < 1.29 is 14.2 Å². The highest BCUT2D eigenvalue weighted by Gasteiger charge is 2.19. The normalized spacial score (nSPS) is 11.1. The summed E-state index contributed by atoms with van der Waals surface area (Å²) in [5, 5.41) is 3.97. The number of benzene rings is 3. The molecule has 6 nitrogen and oxygen atoms in total. The number of carbonyl (C=O) groups excluding carboxylic acids is 2. The Morgan fingerprint density at radius 3 is 2.59 bits per heavy atom. The van der Waals surface area contributed by atoms with Crippen molar-refractivity contribution in [1.82, 2.24) is 9.55 Å². The van der Waals surface area contributed by atoms with Gasteiger partial charge in [-0.25, -0.2) is 9.13 Å². The number of carbonyl (C=O) groups is 2. The van der Waals surface area contributed by atoms with Crippen molar-refractivity contribution in [3.8, 4) is 0 Å². The maximum atomic E-state index is 12.9. The van der Waals surface area contributed by atoms with Crippen LogP contribution in [0.5, 0.6) is 0 Å². The molecule has 5 aromatic rings. The number of fused-ring (bicyclic) bond motifs is 2. The first-order chi connectivity index (χ1) is 16.6. The van der Waals surface area contributed by atoms with E-state index in [0.717, 1.165) is 27.5 Å². The summed E-state index contributed by atoms with van der Waals surface area (Å²) in [6.07, 6.45) is 3.94. The molecule has 34 heavy (non-hydrogen) atoms. The molecule has 1 N–H and O–H groups in total. The zero-order chi connectivity index (χ0) is 23.5. The topological polar surface area (TPSA) is 67.9 Å². The number of para-hydroxylation sites is 3. The second-order valence-corrected chi connectivity index (χ2v) is 8.39. The highest BCUT2D eigenvalue weighted by atomic mass is 16.1. The molecule has 5 rings (SSSR count). The van der Waals surface area contributed by atoms with E-state index in [1.54, 1.807) is 6.20 Å². The fourth-order valence-corrected chi connectivity index (χ4v) is 4.17. The number of nitrogens with zero attached hydrogens (tertiary/aromatic N) is 3. The fraction of sp³-hybridized carbons (Fsp3) is 0.143. The Kier molecular flexibility index (Phi) is 5.87. The van der Waals surface area contributed by atoms with E-state index in [0.29, 0.717) is 24.2 Å². The average Bonchev–Trinajstić information content (AvgIpc) is 3.21. The van der Waals surface area contributed by atoms with E-state index in [4.69, 9.17) is 0 Å². The zero-order valence-corrected chi connectivity index (χ0v) is 18.9. The molecule has 0 radical (unpaired) electrons. The molecule has 0 unspecified atom stereocenters. The van der Waals surface area contributed by atoms with E-state index in [2.05, 4.69) is 10.3 Å². The van der Waals surface area contributed by atoms with Crippen LogP contribution < -0.4 is 9.88 Å². The van der Waals surface area contributed by atoms with Gasteiger partial charge in [0.2, 0.25) is 18.0 Å². The Labute approximate surface area is 197 Å². The van der Waals surface area contributed by atoms with Crippen LogP contribution >= 0.6 is 0 Å². The number of rotatable bonds is 7. The van der Waals surface area contributed by atoms with Gasteiger partial charge in [0, 0.05) is 17.1 Å². The Bertz CT molecular complexity index is 1500. The number of Topliss-reactive ketones (excluding diaryl/α,β-unsaturated/α-hetero) is 1. The molecular weight excluding hydrogens is 424 g/mol. The Hall–Kier alpha value is -4.32. The van der Waals surface area contributed by atoms with Crippen molar-refractivity contribution in [1.29, 1.82) is 0 Å². The molecule has 0 spiro atoms. The summed E-state index contributed by atoms with van der Waals surface area (Å²) in [6.45, 7) is 2.74. The molecule has 0 aliphatic rings. The Morgan fingerprint density at radius 2 is 1.74 bits per heavy atom. The first kappa shape index (κ1) is 21.5. The first-order valence-corrected chi connectivity index (χ1v) is 11.3. The number of aromatic nitrogens is 3. The lowest BCUT2D eigenvalue weighted by atomic mass is 10.1. The number of imidazole rings is 1. The molecule has 0 bridgehead atoms. The van der Waals surface area contributed by atoms with Gasteiger partial charge in [0.1, 0.15) is 0 Å². The number of hydrogen-bond acceptors (Lipinski definition) is 3. The fourth-order valence-electron chi connectivity index (χ4n) is 4.17. The minimum atomic E-state index is -0.0850. The summed E-state index contributed by atoms with van der Waals surface area (Å²) >= 11 is 0. The lowest BCUT2D eigenvalue weighted by Gasteiger charge is -2.07. The van der Waals surface area contributed by atoms with E-state index >= 15 is 0 Å². The lowest BCUT2D eigenvalue weighted by molar-refractivity contribution is -0.657. The van der Waals surface area contributed by atoms with E-state index in [1.807, 2.05) is 101 Å². The monoisotopic (exact) mass is 449 g/mol. The summed E-state index contributed by atoms with van der Waals surface area (Å²) in [7, 11) is 0. The van der Waals surface area contributed by atoms with Crippen molar-refractivity contribution in [2.24, 2.45) is 0 Å². The molecule has 0 aliphatic carbocycles. The van der Waals surface area contributed by atoms with Crippen LogP contribution in [-0.4, -0.2) is 21.2 Å². The molecule has 0 saturated heterocycles. The number of amides is 1. The average molecular weight is 450 g/mol. The summed E-state index contributed by atoms with van der Waals surface area (Å²) in [5.41, 5.74) is 5.24. The van der Waals surface area contributed by atoms with E-state index in [1.165, 1.54) is 0 Å². The molecule has 6 heteroatoms. The second-order valence-electron chi connectivity index (χ2n) is 8.39. The third kappa shape index (κ3) is 4.43. The summed E-state index contributed by atoms with van der Waals surface area (Å²) in [5.74, 6) is -0.0349. The Balaban J connectivity index is 1.32. The van der Waals surface area contributed by atoms with Crippen LogP contribution in [0.3, 0.4) is 0 Å². The molecule has 0 fully saturated rings. The number of anilines is 1. The number of pyridine rings is 1. The number of nitrogens with one attached hydrogen (secondary N) is 1. The summed E-state index contributed by atoms with van der Waals surface area (Å²) in [4.78, 5) is 30.0. The van der Waals surface area contributed by atoms with Crippen LogP contribution in [0.25, 0.3) is 21.9 Å². The maximum Gasteiger partial charge on any atom is 0.245 e. The SMILES string of the molecule is Cc1ccc(C(=O)C[n+]2cn(CCC(=O)Nc3cccc4cccnc34)c3ccccc32)cc1. The van der Waals surface area contributed by atoms with Gasteiger partial charge in [-0.15, -0.1) is 0 Å². The van der Waals surface area contributed by atoms with E-state index in [9.17, 15) is 9.59 Å². The third-order valence-corrected chi connectivity index (χ3v) is 5.95. The number of ketones is 1. The minimum absolute atomic E-state index is 0.0501. The smallest absolute Gasteiger partial charge is 0.245 e. The van der Waals surface area contributed by atoms with Gasteiger partial charge in [-0.1, -0.05) is 60.2 Å². The summed E-state index contributed by atoms with van der Waals surface area (Å²) < 4.78 is 3.97. The van der Waals surface area contributed by atoms with Crippen LogP contribution in [0.2, 0.25) is 0 Å². The van der Waals surface area contributed by atoms with E-state index < -0.39 is 0 Å². The maximum absolute atomic E-state index is 12.9. The van der Waals surface area contributed by atoms with Gasteiger partial charge in [0.25, 0.3) is 0 Å². The van der Waals surface area contributed by atoms with E-state index in [-0.39, 0.29) is 18.2 Å². The molecule has 2 heterocycles. The molecule has 0 saturated carbocycles.